The quantitative estimate of drug-likeness (QED) is 0.458. The Morgan fingerprint density at radius 3 is 1.50 bits per heavy atom. The van der Waals surface area contributed by atoms with E-state index in [-0.39, 0.29) is 0 Å². The van der Waals surface area contributed by atoms with Gasteiger partial charge in [-0.05, 0) is 0 Å². The lowest BCUT2D eigenvalue weighted by Crippen LogP contribution is -2.07. The van der Waals surface area contributed by atoms with Gasteiger partial charge in [0.25, 0.3) is 0 Å². The first-order valence-corrected chi connectivity index (χ1v) is 3.21. The Labute approximate surface area is 53.3 Å². The number of hydrogen-bond acceptors (Lipinski definition) is 0. The van der Waals surface area contributed by atoms with E-state index in [2.05, 4.69) is 34.6 Å². The van der Waals surface area contributed by atoms with Crippen LogP contribution in [-0.4, -0.2) is 0 Å². The maximum atomic E-state index is 2.26. The zero-order valence-electron chi connectivity index (χ0n) is 6.71. The first-order chi connectivity index (χ1) is 3.42. The Balaban J connectivity index is 3.39. The topological polar surface area (TPSA) is 0 Å². The van der Waals surface area contributed by atoms with E-state index >= 15 is 0 Å². The largest absolute Gasteiger partial charge is 0.0942 e. The summed E-state index contributed by atoms with van der Waals surface area (Å²) >= 11 is 0. The van der Waals surface area contributed by atoms with Crippen molar-refractivity contribution in [1.29, 1.82) is 0 Å². The van der Waals surface area contributed by atoms with Gasteiger partial charge < -0.3 is 0 Å². The van der Waals surface area contributed by atoms with Crippen molar-refractivity contribution in [1.82, 2.24) is 0 Å². The molecule has 0 radical (unpaired) electrons. The van der Waals surface area contributed by atoms with Crippen LogP contribution in [0.4, 0.5) is 0 Å². The van der Waals surface area contributed by atoms with Gasteiger partial charge in [-0.3, -0.25) is 0 Å². The minimum absolute atomic E-state index is 0.485. The molecule has 0 aromatic carbocycles. The summed E-state index contributed by atoms with van der Waals surface area (Å²) in [4.78, 5) is 0. The second-order valence-corrected chi connectivity index (χ2v) is 3.94. The zero-order valence-corrected chi connectivity index (χ0v) is 6.71. The first kappa shape index (κ1) is 7.87. The third-order valence-corrected chi connectivity index (χ3v) is 0.884. The van der Waals surface area contributed by atoms with E-state index in [1.807, 2.05) is 0 Å². The summed E-state index contributed by atoms with van der Waals surface area (Å²) in [5.74, 6) is 1.53. The van der Waals surface area contributed by atoms with Crippen molar-refractivity contribution in [3.8, 4) is 0 Å². The van der Waals surface area contributed by atoms with Crippen molar-refractivity contribution in [2.24, 2.45) is 5.41 Å². The summed E-state index contributed by atoms with van der Waals surface area (Å²) in [5.41, 5.74) is 0.485. The molecular formula is C8H17+. The molecule has 0 rings (SSSR count). The molecule has 0 heterocycles. The molecular weight excluding hydrogens is 96.1 g/mol. The minimum atomic E-state index is 0.485. The predicted molar refractivity (Wildman–Crippen MR) is 38.7 cm³/mol. The van der Waals surface area contributed by atoms with Gasteiger partial charge in [0.1, 0.15) is 0 Å². The summed E-state index contributed by atoms with van der Waals surface area (Å²) in [6, 6.07) is 0. The molecule has 0 heteroatoms. The van der Waals surface area contributed by atoms with Crippen LogP contribution < -0.4 is 0 Å². The molecule has 0 fully saturated rings. The summed E-state index contributed by atoms with van der Waals surface area (Å²) < 4.78 is 0. The lowest BCUT2D eigenvalue weighted by atomic mass is 9.86. The Morgan fingerprint density at radius 1 is 1.12 bits per heavy atom. The molecule has 0 saturated carbocycles. The van der Waals surface area contributed by atoms with Crippen molar-refractivity contribution in [2.45, 2.75) is 41.0 Å². The fourth-order valence-corrected chi connectivity index (χ4v) is 1.06. The number of hydrogen-bond donors (Lipinski definition) is 0. The van der Waals surface area contributed by atoms with E-state index in [4.69, 9.17) is 0 Å². The first-order valence-electron chi connectivity index (χ1n) is 3.21. The maximum Gasteiger partial charge on any atom is 0.0942 e. The molecule has 0 unspecified atom stereocenters. The Bertz CT molecular complexity index is 54.9. The van der Waals surface area contributed by atoms with Gasteiger partial charge in [0, 0.05) is 5.41 Å². The van der Waals surface area contributed by atoms with Crippen molar-refractivity contribution in [3.05, 3.63) is 5.92 Å². The highest BCUT2D eigenvalue weighted by Gasteiger charge is 2.18. The van der Waals surface area contributed by atoms with E-state index in [0.717, 1.165) is 0 Å². The normalized spacial score (nSPS) is 11.6. The highest BCUT2D eigenvalue weighted by Crippen LogP contribution is 2.24. The fraction of sp³-hybridized carbons (Fsp3) is 0.875. The number of rotatable bonds is 1. The predicted octanol–water partition coefficient (Wildman–Crippen LogP) is 3.04. The van der Waals surface area contributed by atoms with Crippen molar-refractivity contribution >= 4 is 0 Å². The molecule has 0 aromatic heterocycles. The van der Waals surface area contributed by atoms with Crippen LogP contribution in [-0.2, 0) is 0 Å². The maximum absolute atomic E-state index is 2.26. The van der Waals surface area contributed by atoms with Gasteiger partial charge in [0.2, 0.25) is 0 Å². The van der Waals surface area contributed by atoms with E-state index in [9.17, 15) is 0 Å². The fourth-order valence-electron chi connectivity index (χ4n) is 1.06. The summed E-state index contributed by atoms with van der Waals surface area (Å²) in [6.07, 6.45) is 1.24. The molecule has 0 atom stereocenters. The lowest BCUT2D eigenvalue weighted by molar-refractivity contribution is 0.389. The summed E-state index contributed by atoms with van der Waals surface area (Å²) in [7, 11) is 0. The molecule has 0 aliphatic rings. The lowest BCUT2D eigenvalue weighted by Gasteiger charge is -2.13. The standard InChI is InChI=1S/C8H17/c1-7(2)6-8(3,4)5/h6H2,1-5H3/q+1. The SMILES string of the molecule is C[C+](C)CC(C)(C)C. The van der Waals surface area contributed by atoms with Crippen molar-refractivity contribution in [2.75, 3.05) is 0 Å². The Hall–Kier alpha value is -0.130. The summed E-state index contributed by atoms with van der Waals surface area (Å²) in [6.45, 7) is 11.2. The van der Waals surface area contributed by atoms with E-state index < -0.39 is 0 Å². The van der Waals surface area contributed by atoms with Gasteiger partial charge in [-0.25, -0.2) is 0 Å². The Kier molecular flexibility index (Phi) is 2.39. The van der Waals surface area contributed by atoms with Crippen LogP contribution in [0.25, 0.3) is 0 Å². The monoisotopic (exact) mass is 113 g/mol. The van der Waals surface area contributed by atoms with Gasteiger partial charge in [-0.1, -0.05) is 20.8 Å². The average molecular weight is 113 g/mol. The molecule has 0 aromatic rings. The average Bonchev–Trinajstić information content (AvgIpc) is 1.21. The zero-order chi connectivity index (χ0) is 6.78. The molecule has 8 heavy (non-hydrogen) atoms. The van der Waals surface area contributed by atoms with Crippen LogP contribution >= 0.6 is 0 Å². The van der Waals surface area contributed by atoms with Gasteiger partial charge in [-0.15, -0.1) is 0 Å². The van der Waals surface area contributed by atoms with Gasteiger partial charge in [-0.2, -0.15) is 0 Å². The van der Waals surface area contributed by atoms with Crippen LogP contribution in [0.1, 0.15) is 41.0 Å². The van der Waals surface area contributed by atoms with Gasteiger partial charge in [0.05, 0.1) is 26.2 Å². The molecule has 0 spiro atoms. The van der Waals surface area contributed by atoms with Crippen LogP contribution in [0.15, 0.2) is 0 Å². The van der Waals surface area contributed by atoms with Gasteiger partial charge >= 0.3 is 0 Å². The van der Waals surface area contributed by atoms with Crippen LogP contribution in [0.3, 0.4) is 0 Å². The molecule has 0 bridgehead atoms. The molecule has 0 saturated heterocycles. The van der Waals surface area contributed by atoms with E-state index in [0.29, 0.717) is 5.41 Å². The second-order valence-electron chi connectivity index (χ2n) is 3.94. The van der Waals surface area contributed by atoms with Crippen LogP contribution in [0.5, 0.6) is 0 Å². The Morgan fingerprint density at radius 2 is 1.50 bits per heavy atom. The third-order valence-electron chi connectivity index (χ3n) is 0.884. The smallest absolute Gasteiger partial charge is 0.0561 e. The van der Waals surface area contributed by atoms with Gasteiger partial charge in [0.15, 0.2) is 0 Å². The molecule has 0 amide bonds. The van der Waals surface area contributed by atoms with Crippen molar-refractivity contribution < 1.29 is 0 Å². The van der Waals surface area contributed by atoms with E-state index in [1.54, 1.807) is 0 Å². The molecule has 0 nitrogen and oxygen atoms in total. The van der Waals surface area contributed by atoms with Crippen molar-refractivity contribution in [3.63, 3.8) is 0 Å². The van der Waals surface area contributed by atoms with Crippen LogP contribution in [0, 0.1) is 11.3 Å². The second kappa shape index (κ2) is 2.43. The van der Waals surface area contributed by atoms with E-state index in [1.165, 1.54) is 12.3 Å². The summed E-state index contributed by atoms with van der Waals surface area (Å²) in [5, 5.41) is 0. The van der Waals surface area contributed by atoms with Crippen LogP contribution in [0.2, 0.25) is 0 Å². The molecule has 0 N–H and O–H groups in total. The highest BCUT2D eigenvalue weighted by molar-refractivity contribution is 4.82. The third kappa shape index (κ3) is 5.87. The molecule has 48 valence electrons. The molecule has 0 aliphatic heterocycles. The highest BCUT2D eigenvalue weighted by atomic mass is 14.2. The molecule has 0 aliphatic carbocycles. The minimum Gasteiger partial charge on any atom is -0.0561 e.